The Bertz CT molecular complexity index is 1310. The lowest BCUT2D eigenvalue weighted by Crippen LogP contribution is -2.49. The molecule has 0 bridgehead atoms. The van der Waals surface area contributed by atoms with Crippen LogP contribution in [0.2, 0.25) is 0 Å². The van der Waals surface area contributed by atoms with Gasteiger partial charge in [-0.1, -0.05) is 35.5 Å². The van der Waals surface area contributed by atoms with Gasteiger partial charge in [0.05, 0.1) is 0 Å². The van der Waals surface area contributed by atoms with Gasteiger partial charge >= 0.3 is 0 Å². The molecule has 0 aliphatic carbocycles. The van der Waals surface area contributed by atoms with E-state index in [4.69, 9.17) is 10.3 Å². The predicted octanol–water partition coefficient (Wildman–Crippen LogP) is 2.71. The van der Waals surface area contributed by atoms with Crippen molar-refractivity contribution in [3.63, 3.8) is 0 Å². The Balaban J connectivity index is 1.29. The number of hydrogen-bond acceptors (Lipinski definition) is 8. The number of nitrogen functional groups attached to an aromatic ring is 1. The fourth-order valence-electron chi connectivity index (χ4n) is 4.10. The SMILES string of the molecule is CNc1nn(CC(=O)N2CCN(c3ccc(F)cc3)CC2)c(N)c1-c1nc(-c2ccccc2)no1. The minimum absolute atomic E-state index is 0.0171. The molecule has 35 heavy (non-hydrogen) atoms. The standard InChI is InChI=1S/C24H25FN8O2/c1-27-23-20(24-28-22(30-35-24)16-5-3-2-4-6-16)21(26)33(29-23)15-19(34)32-13-11-31(12-14-32)18-9-7-17(25)8-10-18/h2-10H,11-15,26H2,1H3,(H,27,29). The second-order valence-corrected chi connectivity index (χ2v) is 8.15. The van der Waals surface area contributed by atoms with E-state index in [0.717, 1.165) is 11.3 Å². The van der Waals surface area contributed by atoms with Gasteiger partial charge in [-0.15, -0.1) is 0 Å². The summed E-state index contributed by atoms with van der Waals surface area (Å²) in [4.78, 5) is 21.4. The van der Waals surface area contributed by atoms with Crippen molar-refractivity contribution >= 4 is 23.2 Å². The maximum atomic E-state index is 13.2. The number of carbonyl (C=O) groups excluding carboxylic acids is 1. The number of rotatable bonds is 6. The summed E-state index contributed by atoms with van der Waals surface area (Å²) in [6.45, 7) is 2.39. The molecule has 4 aromatic rings. The first kappa shape index (κ1) is 22.4. The summed E-state index contributed by atoms with van der Waals surface area (Å²) in [5, 5.41) is 11.5. The van der Waals surface area contributed by atoms with E-state index < -0.39 is 0 Å². The predicted molar refractivity (Wildman–Crippen MR) is 130 cm³/mol. The van der Waals surface area contributed by atoms with Crippen molar-refractivity contribution in [2.24, 2.45) is 0 Å². The molecule has 1 amide bonds. The number of nitrogens with one attached hydrogen (secondary N) is 1. The Hall–Kier alpha value is -4.41. The number of halogens is 1. The average molecular weight is 477 g/mol. The molecule has 0 unspecified atom stereocenters. The highest BCUT2D eigenvalue weighted by Crippen LogP contribution is 2.33. The number of carbonyl (C=O) groups is 1. The number of aromatic nitrogens is 4. The molecule has 3 N–H and O–H groups in total. The van der Waals surface area contributed by atoms with Gasteiger partial charge in [-0.05, 0) is 24.3 Å². The Morgan fingerprint density at radius 1 is 1.09 bits per heavy atom. The molecule has 2 aromatic carbocycles. The van der Waals surface area contributed by atoms with Gasteiger partial charge in [0.1, 0.15) is 23.7 Å². The van der Waals surface area contributed by atoms with Crippen molar-refractivity contribution in [3.05, 3.63) is 60.4 Å². The maximum absolute atomic E-state index is 13.2. The zero-order valence-corrected chi connectivity index (χ0v) is 19.2. The molecule has 1 aliphatic heterocycles. The fraction of sp³-hybridized carbons (Fsp3) is 0.250. The molecule has 0 saturated carbocycles. The van der Waals surface area contributed by atoms with Crippen LogP contribution in [0.5, 0.6) is 0 Å². The molecule has 1 aliphatic rings. The molecule has 1 saturated heterocycles. The Labute approximate surface area is 201 Å². The second-order valence-electron chi connectivity index (χ2n) is 8.15. The van der Waals surface area contributed by atoms with E-state index in [1.165, 1.54) is 16.8 Å². The molecule has 0 spiro atoms. The number of piperazine rings is 1. The van der Waals surface area contributed by atoms with Crippen LogP contribution < -0.4 is 16.0 Å². The first-order valence-electron chi connectivity index (χ1n) is 11.3. The van der Waals surface area contributed by atoms with Crippen LogP contribution in [0.25, 0.3) is 22.8 Å². The zero-order chi connectivity index (χ0) is 24.4. The molecule has 5 rings (SSSR count). The van der Waals surface area contributed by atoms with Gasteiger partial charge in [0.25, 0.3) is 5.89 Å². The molecule has 11 heteroatoms. The lowest BCUT2D eigenvalue weighted by atomic mass is 10.2. The Kier molecular flexibility index (Phi) is 6.04. The van der Waals surface area contributed by atoms with Crippen molar-refractivity contribution in [1.29, 1.82) is 0 Å². The lowest BCUT2D eigenvalue weighted by molar-refractivity contribution is -0.132. The molecular formula is C24H25FN8O2. The van der Waals surface area contributed by atoms with Gasteiger partial charge in [0, 0.05) is 44.5 Å². The lowest BCUT2D eigenvalue weighted by Gasteiger charge is -2.36. The van der Waals surface area contributed by atoms with Crippen LogP contribution in [-0.4, -0.2) is 64.0 Å². The summed E-state index contributed by atoms with van der Waals surface area (Å²) >= 11 is 0. The topological polar surface area (TPSA) is 118 Å². The van der Waals surface area contributed by atoms with Crippen molar-refractivity contribution in [2.45, 2.75) is 6.54 Å². The van der Waals surface area contributed by atoms with Crippen LogP contribution in [0.1, 0.15) is 0 Å². The first-order chi connectivity index (χ1) is 17.0. The summed E-state index contributed by atoms with van der Waals surface area (Å²) in [5.74, 6) is 0.997. The van der Waals surface area contributed by atoms with Crippen molar-refractivity contribution in [3.8, 4) is 22.8 Å². The van der Waals surface area contributed by atoms with E-state index in [-0.39, 0.29) is 30.0 Å². The first-order valence-corrected chi connectivity index (χ1v) is 11.3. The minimum Gasteiger partial charge on any atom is -0.383 e. The minimum atomic E-state index is -0.267. The van der Waals surface area contributed by atoms with Crippen LogP contribution in [0, 0.1) is 5.82 Å². The monoisotopic (exact) mass is 476 g/mol. The van der Waals surface area contributed by atoms with E-state index in [2.05, 4.69) is 25.5 Å². The van der Waals surface area contributed by atoms with E-state index in [9.17, 15) is 9.18 Å². The van der Waals surface area contributed by atoms with Gasteiger partial charge in [-0.2, -0.15) is 10.1 Å². The number of amides is 1. The maximum Gasteiger partial charge on any atom is 0.265 e. The normalized spacial score (nSPS) is 13.8. The van der Waals surface area contributed by atoms with Gasteiger partial charge < -0.3 is 25.4 Å². The summed E-state index contributed by atoms with van der Waals surface area (Å²) in [6.07, 6.45) is 0. The largest absolute Gasteiger partial charge is 0.383 e. The highest BCUT2D eigenvalue weighted by atomic mass is 19.1. The second kappa shape index (κ2) is 9.45. The molecule has 10 nitrogen and oxygen atoms in total. The zero-order valence-electron chi connectivity index (χ0n) is 19.2. The highest BCUT2D eigenvalue weighted by molar-refractivity contribution is 5.82. The van der Waals surface area contributed by atoms with E-state index >= 15 is 0 Å². The van der Waals surface area contributed by atoms with E-state index in [0.29, 0.717) is 43.4 Å². The molecular weight excluding hydrogens is 451 g/mol. The third-order valence-electron chi connectivity index (χ3n) is 6.01. The van der Waals surface area contributed by atoms with Crippen molar-refractivity contribution in [2.75, 3.05) is 49.2 Å². The van der Waals surface area contributed by atoms with E-state index in [1.807, 2.05) is 30.3 Å². The summed E-state index contributed by atoms with van der Waals surface area (Å²) < 4.78 is 20.1. The van der Waals surface area contributed by atoms with Crippen LogP contribution in [0.15, 0.2) is 59.1 Å². The number of nitrogens with zero attached hydrogens (tertiary/aromatic N) is 6. The number of hydrogen-bond donors (Lipinski definition) is 2. The molecule has 1 fully saturated rings. The molecule has 180 valence electrons. The van der Waals surface area contributed by atoms with Gasteiger partial charge in [0.15, 0.2) is 5.82 Å². The third-order valence-corrected chi connectivity index (χ3v) is 6.01. The van der Waals surface area contributed by atoms with Gasteiger partial charge in [-0.3, -0.25) is 4.79 Å². The summed E-state index contributed by atoms with van der Waals surface area (Å²) in [5.41, 5.74) is 8.58. The Morgan fingerprint density at radius 2 is 1.80 bits per heavy atom. The van der Waals surface area contributed by atoms with Gasteiger partial charge in [-0.25, -0.2) is 9.07 Å². The number of benzene rings is 2. The van der Waals surface area contributed by atoms with Crippen molar-refractivity contribution < 1.29 is 13.7 Å². The Morgan fingerprint density at radius 3 is 2.49 bits per heavy atom. The summed E-state index contributed by atoms with van der Waals surface area (Å²) in [6, 6.07) is 15.8. The molecule has 3 heterocycles. The van der Waals surface area contributed by atoms with E-state index in [1.54, 1.807) is 24.1 Å². The fourth-order valence-corrected chi connectivity index (χ4v) is 4.10. The smallest absolute Gasteiger partial charge is 0.265 e. The average Bonchev–Trinajstić information content (AvgIpc) is 3.49. The van der Waals surface area contributed by atoms with Crippen LogP contribution in [0.4, 0.5) is 21.7 Å². The quantitative estimate of drug-likeness (QED) is 0.436. The van der Waals surface area contributed by atoms with Crippen LogP contribution >= 0.6 is 0 Å². The third kappa shape index (κ3) is 4.52. The molecule has 2 aromatic heterocycles. The van der Waals surface area contributed by atoms with Gasteiger partial charge in [0.2, 0.25) is 11.7 Å². The number of anilines is 3. The van der Waals surface area contributed by atoms with Crippen LogP contribution in [-0.2, 0) is 11.3 Å². The van der Waals surface area contributed by atoms with Crippen molar-refractivity contribution in [1.82, 2.24) is 24.8 Å². The number of nitrogens with two attached hydrogens (primary N) is 1. The summed E-state index contributed by atoms with van der Waals surface area (Å²) in [7, 11) is 1.71. The van der Waals surface area contributed by atoms with Crippen LogP contribution in [0.3, 0.4) is 0 Å². The molecule has 0 radical (unpaired) electrons. The highest BCUT2D eigenvalue weighted by Gasteiger charge is 2.26. The molecule has 0 atom stereocenters.